The van der Waals surface area contributed by atoms with Crippen molar-refractivity contribution in [3.05, 3.63) is 94.6 Å². The zero-order valence-corrected chi connectivity index (χ0v) is 25.5. The van der Waals surface area contributed by atoms with E-state index >= 15 is 0 Å². The van der Waals surface area contributed by atoms with Gasteiger partial charge in [0, 0.05) is 31.3 Å². The van der Waals surface area contributed by atoms with E-state index in [0.29, 0.717) is 54.4 Å². The second-order valence-corrected chi connectivity index (χ2v) is 12.4. The summed E-state index contributed by atoms with van der Waals surface area (Å²) in [5.41, 5.74) is 4.37. The highest BCUT2D eigenvalue weighted by molar-refractivity contribution is 7.98. The number of aryl methyl sites for hydroxylation is 1. The summed E-state index contributed by atoms with van der Waals surface area (Å²) < 4.78 is 28.1. The van der Waals surface area contributed by atoms with Gasteiger partial charge >= 0.3 is 5.97 Å². The maximum absolute atomic E-state index is 14.1. The van der Waals surface area contributed by atoms with Gasteiger partial charge < -0.3 is 15.5 Å². The first kappa shape index (κ1) is 32.6. The molecule has 4 rings (SSSR count). The number of nitrogens with one attached hydrogen (secondary N) is 1. The number of aliphatic hydroxyl groups is 1. The Hall–Kier alpha value is -3.27. The number of benzene rings is 3. The minimum absolute atomic E-state index is 0.279. The summed E-state index contributed by atoms with van der Waals surface area (Å²) in [6.45, 7) is 3.47. The largest absolute Gasteiger partial charge is 0.480 e. The summed E-state index contributed by atoms with van der Waals surface area (Å²) in [6, 6.07) is 15.8. The average Bonchev–Trinajstić information content (AvgIpc) is 2.96. The molecular weight excluding hydrogens is 570 g/mol. The van der Waals surface area contributed by atoms with Gasteiger partial charge in [-0.25, -0.2) is 13.6 Å². The highest BCUT2D eigenvalue weighted by Crippen LogP contribution is 2.30. The molecule has 0 bridgehead atoms. The van der Waals surface area contributed by atoms with Crippen molar-refractivity contribution >= 4 is 23.6 Å². The lowest BCUT2D eigenvalue weighted by atomic mass is 9.87. The third-order valence-electron chi connectivity index (χ3n) is 8.05. The molecule has 0 spiro atoms. The second kappa shape index (κ2) is 15.5. The van der Waals surface area contributed by atoms with Crippen molar-refractivity contribution < 1.29 is 28.6 Å². The number of nitrogens with zero attached hydrogens (tertiary/aromatic N) is 1. The average molecular weight is 611 g/mol. The molecule has 3 aromatic carbocycles. The van der Waals surface area contributed by atoms with Crippen LogP contribution in [-0.2, 0) is 17.9 Å². The number of carbonyl (C=O) groups excluding carboxylic acids is 1. The Morgan fingerprint density at radius 2 is 1.63 bits per heavy atom. The van der Waals surface area contributed by atoms with Gasteiger partial charge in [-0.3, -0.25) is 9.69 Å². The molecule has 0 aliphatic heterocycles. The van der Waals surface area contributed by atoms with Gasteiger partial charge in [0.2, 0.25) is 0 Å². The molecule has 3 aromatic rings. The molecule has 1 fully saturated rings. The van der Waals surface area contributed by atoms with E-state index in [-0.39, 0.29) is 6.10 Å². The fourth-order valence-electron chi connectivity index (χ4n) is 5.81. The number of hydrogen-bond acceptors (Lipinski definition) is 5. The van der Waals surface area contributed by atoms with Crippen LogP contribution in [0.3, 0.4) is 0 Å². The Balaban J connectivity index is 1.66. The van der Waals surface area contributed by atoms with E-state index in [2.05, 4.69) is 10.2 Å². The van der Waals surface area contributed by atoms with Crippen molar-refractivity contribution in [1.29, 1.82) is 0 Å². The Morgan fingerprint density at radius 1 is 0.953 bits per heavy atom. The molecule has 6 nitrogen and oxygen atoms in total. The summed E-state index contributed by atoms with van der Waals surface area (Å²) in [6.07, 6.45) is 5.16. The van der Waals surface area contributed by atoms with Crippen LogP contribution in [0.25, 0.3) is 11.1 Å². The maximum Gasteiger partial charge on any atom is 0.326 e. The Kier molecular flexibility index (Phi) is 11.7. The fourth-order valence-corrected chi connectivity index (χ4v) is 6.28. The molecule has 0 radical (unpaired) electrons. The minimum Gasteiger partial charge on any atom is -0.480 e. The smallest absolute Gasteiger partial charge is 0.326 e. The van der Waals surface area contributed by atoms with Crippen molar-refractivity contribution in [3.8, 4) is 11.1 Å². The molecule has 1 unspecified atom stereocenters. The maximum atomic E-state index is 14.1. The van der Waals surface area contributed by atoms with Crippen molar-refractivity contribution in [2.24, 2.45) is 5.92 Å². The number of halogens is 2. The number of rotatable bonds is 13. The quantitative estimate of drug-likeness (QED) is 0.207. The summed E-state index contributed by atoms with van der Waals surface area (Å²) in [5, 5.41) is 22.4. The van der Waals surface area contributed by atoms with Crippen LogP contribution in [0.2, 0.25) is 0 Å². The zero-order chi connectivity index (χ0) is 30.9. The lowest BCUT2D eigenvalue weighted by molar-refractivity contribution is -0.139. The van der Waals surface area contributed by atoms with E-state index in [0.717, 1.165) is 48.4 Å². The van der Waals surface area contributed by atoms with Crippen LogP contribution in [0.1, 0.15) is 59.2 Å². The number of carbonyl (C=O) groups is 2. The summed E-state index contributed by atoms with van der Waals surface area (Å²) in [7, 11) is 0. The van der Waals surface area contributed by atoms with Gasteiger partial charge in [0.25, 0.3) is 5.91 Å². The van der Waals surface area contributed by atoms with E-state index in [4.69, 9.17) is 0 Å². The van der Waals surface area contributed by atoms with E-state index in [1.807, 2.05) is 49.6 Å². The predicted molar refractivity (Wildman–Crippen MR) is 167 cm³/mol. The van der Waals surface area contributed by atoms with E-state index in [9.17, 15) is 28.6 Å². The molecule has 1 atom stereocenters. The van der Waals surface area contributed by atoms with Gasteiger partial charge in [-0.15, -0.1) is 0 Å². The first-order valence-electron chi connectivity index (χ1n) is 14.7. The second-order valence-electron chi connectivity index (χ2n) is 11.5. The molecular formula is C34H40F2N2O4S. The molecule has 0 saturated heterocycles. The number of thioether (sulfide) groups is 1. The SMILES string of the molecule is CSCCC(NC(=O)c1ccc(CN(Cc2cc(F)cc(F)c2)CC2CCC(O)CC2)cc1-c1ccccc1C)C(=O)O. The van der Waals surface area contributed by atoms with Crippen molar-refractivity contribution in [3.63, 3.8) is 0 Å². The number of carboxylic acid groups (broad SMARTS) is 1. The van der Waals surface area contributed by atoms with Gasteiger partial charge in [0.05, 0.1) is 6.10 Å². The fraction of sp³-hybridized carbons (Fsp3) is 0.412. The number of aliphatic carboxylic acids is 1. The van der Waals surface area contributed by atoms with Gasteiger partial charge in [-0.1, -0.05) is 30.3 Å². The molecule has 0 aromatic heterocycles. The molecule has 3 N–H and O–H groups in total. The van der Waals surface area contributed by atoms with E-state index in [1.165, 1.54) is 23.9 Å². The van der Waals surface area contributed by atoms with Crippen molar-refractivity contribution in [2.75, 3.05) is 18.6 Å². The topological polar surface area (TPSA) is 89.9 Å². The Morgan fingerprint density at radius 3 is 2.28 bits per heavy atom. The zero-order valence-electron chi connectivity index (χ0n) is 24.7. The predicted octanol–water partition coefficient (Wildman–Crippen LogP) is 6.43. The first-order valence-corrected chi connectivity index (χ1v) is 16.1. The third-order valence-corrected chi connectivity index (χ3v) is 8.69. The molecule has 1 aliphatic carbocycles. The molecule has 43 heavy (non-hydrogen) atoms. The number of aliphatic hydroxyl groups excluding tert-OH is 1. The number of hydrogen-bond donors (Lipinski definition) is 3. The summed E-state index contributed by atoms with van der Waals surface area (Å²) >= 11 is 1.52. The van der Waals surface area contributed by atoms with Crippen LogP contribution < -0.4 is 5.32 Å². The molecule has 230 valence electrons. The summed E-state index contributed by atoms with van der Waals surface area (Å²) in [5.74, 6) is -1.82. The standard InChI is InChI=1S/C34H40F2N2O4S/c1-22-5-3-4-6-29(22)31-17-24(9-12-30(31)33(40)37-32(34(41)42)13-14-43-2)20-38(19-23-7-10-28(39)11-8-23)21-25-15-26(35)18-27(36)16-25/h3-6,9,12,15-18,23,28,32,39H,7-8,10-11,13-14,19-21H2,1-2H3,(H,37,40)(H,41,42). The minimum atomic E-state index is -1.07. The number of carboxylic acids is 1. The van der Waals surface area contributed by atoms with Gasteiger partial charge in [0.1, 0.15) is 17.7 Å². The van der Waals surface area contributed by atoms with Gasteiger partial charge in [-0.05, 0) is 109 Å². The molecule has 1 saturated carbocycles. The van der Waals surface area contributed by atoms with Gasteiger partial charge in [0.15, 0.2) is 0 Å². The Labute approximate surface area is 256 Å². The third kappa shape index (κ3) is 9.36. The van der Waals surface area contributed by atoms with Crippen LogP contribution in [0.4, 0.5) is 8.78 Å². The van der Waals surface area contributed by atoms with E-state index in [1.54, 1.807) is 6.07 Å². The first-order chi connectivity index (χ1) is 20.6. The van der Waals surface area contributed by atoms with Crippen LogP contribution in [-0.4, -0.2) is 57.7 Å². The van der Waals surface area contributed by atoms with Crippen LogP contribution in [0.15, 0.2) is 60.7 Å². The van der Waals surface area contributed by atoms with E-state index < -0.39 is 29.6 Å². The highest BCUT2D eigenvalue weighted by Gasteiger charge is 2.25. The van der Waals surface area contributed by atoms with Crippen LogP contribution in [0, 0.1) is 24.5 Å². The monoisotopic (exact) mass is 610 g/mol. The van der Waals surface area contributed by atoms with Gasteiger partial charge in [-0.2, -0.15) is 11.8 Å². The van der Waals surface area contributed by atoms with Crippen LogP contribution in [0.5, 0.6) is 0 Å². The molecule has 9 heteroatoms. The summed E-state index contributed by atoms with van der Waals surface area (Å²) in [4.78, 5) is 27.5. The Bertz CT molecular complexity index is 1390. The normalized spacial score (nSPS) is 17.5. The molecule has 1 amide bonds. The number of amides is 1. The lowest BCUT2D eigenvalue weighted by Gasteiger charge is -2.31. The highest BCUT2D eigenvalue weighted by atomic mass is 32.2. The molecule has 1 aliphatic rings. The lowest BCUT2D eigenvalue weighted by Crippen LogP contribution is -2.41. The molecule has 0 heterocycles. The van der Waals surface area contributed by atoms with Crippen molar-refractivity contribution in [1.82, 2.24) is 10.2 Å². The van der Waals surface area contributed by atoms with Crippen molar-refractivity contribution in [2.45, 2.75) is 64.3 Å². The van der Waals surface area contributed by atoms with Crippen LogP contribution >= 0.6 is 11.8 Å².